The molecule has 0 bridgehead atoms. The number of rotatable bonds is 7. The first-order chi connectivity index (χ1) is 6.07. The van der Waals surface area contributed by atoms with Crippen molar-refractivity contribution in [3.63, 3.8) is 0 Å². The van der Waals surface area contributed by atoms with Crippen molar-refractivity contribution in [3.8, 4) is 0 Å². The number of nitrogens with one attached hydrogen (secondary N) is 1. The molecule has 0 rings (SSSR count). The van der Waals surface area contributed by atoms with Gasteiger partial charge in [-0.1, -0.05) is 6.92 Å². The molecule has 0 fully saturated rings. The number of hydrogen-bond donors (Lipinski definition) is 1. The van der Waals surface area contributed by atoms with Crippen molar-refractivity contribution in [1.82, 2.24) is 5.32 Å². The third kappa shape index (κ3) is 7.29. The first-order valence-electron chi connectivity index (χ1n) is 4.98. The molecule has 2 unspecified atom stereocenters. The van der Waals surface area contributed by atoms with Gasteiger partial charge in [0.1, 0.15) is 0 Å². The van der Waals surface area contributed by atoms with Crippen LogP contribution >= 0.6 is 11.6 Å². The molecular formula is C10H22ClNO. The number of alkyl halides is 1. The Hall–Kier alpha value is 0.210. The van der Waals surface area contributed by atoms with E-state index in [9.17, 15) is 0 Å². The fourth-order valence-electron chi connectivity index (χ4n) is 0.916. The maximum Gasteiger partial charge on any atom is 0.0594 e. The predicted octanol–water partition coefficient (Wildman–Crippen LogP) is 2.26. The topological polar surface area (TPSA) is 21.3 Å². The van der Waals surface area contributed by atoms with Crippen molar-refractivity contribution in [2.24, 2.45) is 5.92 Å². The average Bonchev–Trinajstić information content (AvgIpc) is 2.10. The first-order valence-corrected chi connectivity index (χ1v) is 5.52. The first kappa shape index (κ1) is 13.2. The standard InChI is InChI=1S/C10H22ClNO/c1-8(2)13-6-5-12-10(4)9(3)7-11/h8-10,12H,5-7H2,1-4H3. The summed E-state index contributed by atoms with van der Waals surface area (Å²) in [6, 6.07) is 0.466. The zero-order valence-corrected chi connectivity index (χ0v) is 9.90. The van der Waals surface area contributed by atoms with E-state index in [0.717, 1.165) is 13.2 Å². The highest BCUT2D eigenvalue weighted by molar-refractivity contribution is 6.18. The molecule has 0 radical (unpaired) electrons. The van der Waals surface area contributed by atoms with Crippen molar-refractivity contribution in [2.75, 3.05) is 19.0 Å². The molecule has 0 spiro atoms. The lowest BCUT2D eigenvalue weighted by Crippen LogP contribution is -2.35. The largest absolute Gasteiger partial charge is 0.377 e. The van der Waals surface area contributed by atoms with Crippen LogP contribution in [-0.2, 0) is 4.74 Å². The van der Waals surface area contributed by atoms with E-state index in [1.807, 2.05) is 13.8 Å². The quantitative estimate of drug-likeness (QED) is 0.511. The molecule has 0 saturated heterocycles. The highest BCUT2D eigenvalue weighted by Crippen LogP contribution is 2.03. The second-order valence-electron chi connectivity index (χ2n) is 3.79. The summed E-state index contributed by atoms with van der Waals surface area (Å²) in [6.07, 6.45) is 0.322. The van der Waals surface area contributed by atoms with Gasteiger partial charge in [0, 0.05) is 18.5 Å². The number of ether oxygens (including phenoxy) is 1. The Balaban J connectivity index is 3.31. The van der Waals surface area contributed by atoms with Crippen LogP contribution in [-0.4, -0.2) is 31.2 Å². The molecule has 0 saturated carbocycles. The van der Waals surface area contributed by atoms with E-state index >= 15 is 0 Å². The monoisotopic (exact) mass is 207 g/mol. The van der Waals surface area contributed by atoms with Crippen LogP contribution in [0.1, 0.15) is 27.7 Å². The summed E-state index contributed by atoms with van der Waals surface area (Å²) in [6.45, 7) is 10.1. The minimum atomic E-state index is 0.322. The third-order valence-electron chi connectivity index (χ3n) is 2.12. The Morgan fingerprint density at radius 1 is 1.23 bits per heavy atom. The molecule has 0 aromatic heterocycles. The molecule has 2 nitrogen and oxygen atoms in total. The molecular weight excluding hydrogens is 186 g/mol. The van der Waals surface area contributed by atoms with Crippen LogP contribution < -0.4 is 5.32 Å². The van der Waals surface area contributed by atoms with Gasteiger partial charge in [-0.2, -0.15) is 0 Å². The molecule has 0 aliphatic carbocycles. The molecule has 0 aromatic rings. The van der Waals surface area contributed by atoms with Gasteiger partial charge in [0.25, 0.3) is 0 Å². The van der Waals surface area contributed by atoms with Crippen LogP contribution in [0.3, 0.4) is 0 Å². The Labute approximate surface area is 87.0 Å². The number of halogens is 1. The van der Waals surface area contributed by atoms with E-state index in [1.54, 1.807) is 0 Å². The minimum absolute atomic E-state index is 0.322. The summed E-state index contributed by atoms with van der Waals surface area (Å²) in [5, 5.41) is 3.38. The van der Waals surface area contributed by atoms with Gasteiger partial charge in [-0.15, -0.1) is 11.6 Å². The van der Waals surface area contributed by atoms with E-state index < -0.39 is 0 Å². The van der Waals surface area contributed by atoms with Crippen molar-refractivity contribution in [3.05, 3.63) is 0 Å². The Morgan fingerprint density at radius 3 is 2.31 bits per heavy atom. The molecule has 3 heteroatoms. The van der Waals surface area contributed by atoms with Crippen molar-refractivity contribution < 1.29 is 4.74 Å². The maximum absolute atomic E-state index is 5.74. The second kappa shape index (κ2) is 7.60. The summed E-state index contributed by atoms with van der Waals surface area (Å²) in [4.78, 5) is 0. The van der Waals surface area contributed by atoms with Crippen molar-refractivity contribution >= 4 is 11.6 Å². The van der Waals surface area contributed by atoms with Gasteiger partial charge in [-0.3, -0.25) is 0 Å². The number of hydrogen-bond acceptors (Lipinski definition) is 2. The van der Waals surface area contributed by atoms with Gasteiger partial charge in [-0.25, -0.2) is 0 Å². The van der Waals surface area contributed by atoms with Crippen LogP contribution in [0.15, 0.2) is 0 Å². The van der Waals surface area contributed by atoms with E-state index in [-0.39, 0.29) is 0 Å². The van der Waals surface area contributed by atoms with E-state index in [0.29, 0.717) is 23.9 Å². The lowest BCUT2D eigenvalue weighted by Gasteiger charge is -2.19. The fourth-order valence-corrected chi connectivity index (χ4v) is 1.18. The van der Waals surface area contributed by atoms with Crippen LogP contribution in [0.4, 0.5) is 0 Å². The van der Waals surface area contributed by atoms with Gasteiger partial charge in [-0.05, 0) is 26.7 Å². The third-order valence-corrected chi connectivity index (χ3v) is 2.60. The Bertz CT molecular complexity index is 119. The van der Waals surface area contributed by atoms with E-state index in [1.165, 1.54) is 0 Å². The lowest BCUT2D eigenvalue weighted by atomic mass is 10.1. The summed E-state index contributed by atoms with van der Waals surface area (Å²) >= 11 is 5.74. The molecule has 80 valence electrons. The van der Waals surface area contributed by atoms with E-state index in [4.69, 9.17) is 16.3 Å². The van der Waals surface area contributed by atoms with Gasteiger partial charge >= 0.3 is 0 Å². The van der Waals surface area contributed by atoms with Crippen LogP contribution in [0.25, 0.3) is 0 Å². The SMILES string of the molecule is CC(C)OCCNC(C)C(C)CCl. The van der Waals surface area contributed by atoms with Gasteiger partial charge in [0.05, 0.1) is 12.7 Å². The lowest BCUT2D eigenvalue weighted by molar-refractivity contribution is 0.0788. The molecule has 2 atom stereocenters. The van der Waals surface area contributed by atoms with Crippen molar-refractivity contribution in [1.29, 1.82) is 0 Å². The molecule has 0 aromatic carbocycles. The normalized spacial score (nSPS) is 16.2. The van der Waals surface area contributed by atoms with Gasteiger partial charge < -0.3 is 10.1 Å². The Kier molecular flexibility index (Phi) is 7.72. The Morgan fingerprint density at radius 2 is 1.85 bits per heavy atom. The second-order valence-corrected chi connectivity index (χ2v) is 4.10. The minimum Gasteiger partial charge on any atom is -0.377 e. The zero-order valence-electron chi connectivity index (χ0n) is 9.14. The van der Waals surface area contributed by atoms with Gasteiger partial charge in [0.2, 0.25) is 0 Å². The average molecular weight is 208 g/mol. The van der Waals surface area contributed by atoms with Crippen LogP contribution in [0.2, 0.25) is 0 Å². The fraction of sp³-hybridized carbons (Fsp3) is 1.00. The van der Waals surface area contributed by atoms with Crippen molar-refractivity contribution in [2.45, 2.75) is 39.8 Å². The molecule has 0 aliphatic rings. The highest BCUT2D eigenvalue weighted by Gasteiger charge is 2.09. The predicted molar refractivity (Wildman–Crippen MR) is 58.4 cm³/mol. The molecule has 1 N–H and O–H groups in total. The summed E-state index contributed by atoms with van der Waals surface area (Å²) in [5.41, 5.74) is 0. The zero-order chi connectivity index (χ0) is 10.3. The summed E-state index contributed by atoms with van der Waals surface area (Å²) in [7, 11) is 0. The molecule has 0 aliphatic heterocycles. The highest BCUT2D eigenvalue weighted by atomic mass is 35.5. The summed E-state index contributed by atoms with van der Waals surface area (Å²) in [5.74, 6) is 1.22. The smallest absolute Gasteiger partial charge is 0.0594 e. The maximum atomic E-state index is 5.74. The molecule has 0 amide bonds. The van der Waals surface area contributed by atoms with E-state index in [2.05, 4.69) is 19.2 Å². The summed E-state index contributed by atoms with van der Waals surface area (Å²) < 4.78 is 5.41. The van der Waals surface area contributed by atoms with Crippen LogP contribution in [0, 0.1) is 5.92 Å². The van der Waals surface area contributed by atoms with Crippen LogP contribution in [0.5, 0.6) is 0 Å². The van der Waals surface area contributed by atoms with Gasteiger partial charge in [0.15, 0.2) is 0 Å². The molecule has 0 heterocycles. The molecule has 13 heavy (non-hydrogen) atoms.